The van der Waals surface area contributed by atoms with Crippen molar-refractivity contribution < 1.29 is 24.3 Å². The fraction of sp³-hybridized carbons (Fsp3) is 0.0714. The Hall–Kier alpha value is -3.31. The summed E-state index contributed by atoms with van der Waals surface area (Å²) in [7, 11) is 0. The maximum absolute atomic E-state index is 11.9. The monoisotopic (exact) mass is 365 g/mol. The zero-order chi connectivity index (χ0) is 19.1. The molecule has 0 atom stereocenters. The van der Waals surface area contributed by atoms with Crippen molar-refractivity contribution in [1.82, 2.24) is 20.9 Å². The van der Waals surface area contributed by atoms with Gasteiger partial charge in [-0.15, -0.1) is 11.3 Å². The second-order valence-corrected chi connectivity index (χ2v) is 5.39. The second-order valence-electron chi connectivity index (χ2n) is 4.45. The van der Waals surface area contributed by atoms with Gasteiger partial charge in [0.2, 0.25) is 0 Å². The van der Waals surface area contributed by atoms with Gasteiger partial charge in [-0.25, -0.2) is 4.98 Å². The normalized spacial score (nSPS) is 9.64. The van der Waals surface area contributed by atoms with Gasteiger partial charge in [-0.05, 0) is 0 Å². The molecule has 1 aromatic heterocycles. The third-order valence-electron chi connectivity index (χ3n) is 2.56. The Morgan fingerprint density at radius 3 is 2.04 bits per heavy atom. The summed E-state index contributed by atoms with van der Waals surface area (Å²) in [5.74, 6) is -3.48. The van der Waals surface area contributed by atoms with Crippen LogP contribution in [0.4, 0.5) is 0 Å². The third-order valence-corrected chi connectivity index (χ3v) is 3.39. The number of primary amides is 1. The number of nitrogens with zero attached hydrogens (tertiary/aromatic N) is 1. The number of carbonyl (C=O) groups is 4. The summed E-state index contributed by atoms with van der Waals surface area (Å²) >= 11 is 1.07. The lowest BCUT2D eigenvalue weighted by Crippen LogP contribution is -2.39. The van der Waals surface area contributed by atoms with E-state index in [-0.39, 0.29) is 23.7 Å². The molecule has 0 aromatic carbocycles. The van der Waals surface area contributed by atoms with Gasteiger partial charge in [0, 0.05) is 5.38 Å². The molecule has 0 unspecified atom stereocenters. The smallest absolute Gasteiger partial charge is 0.275 e. The summed E-state index contributed by atoms with van der Waals surface area (Å²) in [6, 6.07) is 0. The van der Waals surface area contributed by atoms with E-state index < -0.39 is 29.3 Å². The van der Waals surface area contributed by atoms with Crippen LogP contribution in [-0.4, -0.2) is 33.7 Å². The number of carbonyl (C=O) groups excluding carboxylic acids is 4. The van der Waals surface area contributed by atoms with Gasteiger partial charge < -0.3 is 26.8 Å². The number of nitrogens with two attached hydrogens (primary N) is 1. The molecule has 10 nitrogen and oxygen atoms in total. The predicted octanol–water partition coefficient (Wildman–Crippen LogP) is -1.38. The highest BCUT2D eigenvalue weighted by Crippen LogP contribution is 2.09. The molecule has 0 spiro atoms. The topological polar surface area (TPSA) is 164 Å². The van der Waals surface area contributed by atoms with E-state index in [1.165, 1.54) is 5.38 Å². The summed E-state index contributed by atoms with van der Waals surface area (Å²) < 4.78 is 0. The molecule has 0 saturated heterocycles. The minimum Gasteiger partial charge on any atom is -0.389 e. The van der Waals surface area contributed by atoms with Crippen molar-refractivity contribution >= 4 is 35.0 Å². The molecule has 0 aliphatic carbocycles. The minimum absolute atomic E-state index is 0.00248. The van der Waals surface area contributed by atoms with Crippen LogP contribution in [0.1, 0.15) is 15.5 Å². The Morgan fingerprint density at radius 1 is 1.04 bits per heavy atom. The number of hydrogen-bond donors (Lipinski definition) is 5. The lowest BCUT2D eigenvalue weighted by molar-refractivity contribution is -0.122. The number of thiazole rings is 1. The summed E-state index contributed by atoms with van der Waals surface area (Å²) in [5, 5.41) is 16.9. The standard InChI is InChI=1S/C14H15N5O5S/c1-6(11(15)21)16-12(22)7(2)17-13(23)8(3)18-14(24)9-5-25-10(4-20)19-9/h5,20H,1-4H2,(H2,15,21)(H,16,22)(H,17,23)(H,18,24). The van der Waals surface area contributed by atoms with Crippen molar-refractivity contribution in [2.75, 3.05) is 0 Å². The lowest BCUT2D eigenvalue weighted by atomic mass is 10.3. The predicted molar refractivity (Wildman–Crippen MR) is 88.4 cm³/mol. The Morgan fingerprint density at radius 2 is 1.56 bits per heavy atom. The van der Waals surface area contributed by atoms with Gasteiger partial charge in [-0.3, -0.25) is 19.2 Å². The molecule has 0 aliphatic heterocycles. The van der Waals surface area contributed by atoms with Crippen molar-refractivity contribution in [3.63, 3.8) is 0 Å². The van der Waals surface area contributed by atoms with Crippen molar-refractivity contribution in [2.45, 2.75) is 6.61 Å². The highest BCUT2D eigenvalue weighted by molar-refractivity contribution is 7.09. The van der Waals surface area contributed by atoms with Crippen molar-refractivity contribution in [3.8, 4) is 0 Å². The molecular weight excluding hydrogens is 350 g/mol. The van der Waals surface area contributed by atoms with E-state index in [4.69, 9.17) is 10.8 Å². The van der Waals surface area contributed by atoms with Crippen LogP contribution in [0.2, 0.25) is 0 Å². The number of aromatic nitrogens is 1. The number of aliphatic hydroxyl groups is 1. The van der Waals surface area contributed by atoms with Crippen LogP contribution in [0, 0.1) is 0 Å². The van der Waals surface area contributed by atoms with Gasteiger partial charge in [0.25, 0.3) is 23.6 Å². The molecule has 6 N–H and O–H groups in total. The maximum Gasteiger partial charge on any atom is 0.275 e. The first-order valence-corrected chi connectivity index (χ1v) is 7.39. The van der Waals surface area contributed by atoms with E-state index in [1.54, 1.807) is 0 Å². The number of nitrogens with one attached hydrogen (secondary N) is 3. The van der Waals surface area contributed by atoms with Crippen LogP contribution >= 0.6 is 11.3 Å². The third kappa shape index (κ3) is 5.67. The second kappa shape index (κ2) is 8.52. The van der Waals surface area contributed by atoms with E-state index >= 15 is 0 Å². The van der Waals surface area contributed by atoms with Crippen molar-refractivity contribution in [1.29, 1.82) is 0 Å². The highest BCUT2D eigenvalue weighted by atomic mass is 32.1. The van der Waals surface area contributed by atoms with Gasteiger partial charge in [-0.1, -0.05) is 19.7 Å². The van der Waals surface area contributed by atoms with Gasteiger partial charge in [0.05, 0.1) is 23.7 Å². The first-order valence-electron chi connectivity index (χ1n) is 6.51. The van der Waals surface area contributed by atoms with Crippen LogP contribution in [0.3, 0.4) is 0 Å². The average Bonchev–Trinajstić information content (AvgIpc) is 3.03. The molecule has 0 fully saturated rings. The Bertz CT molecular complexity index is 782. The summed E-state index contributed by atoms with van der Waals surface area (Å²) in [4.78, 5) is 50.0. The lowest BCUT2D eigenvalue weighted by Gasteiger charge is -2.11. The van der Waals surface area contributed by atoms with Gasteiger partial charge in [0.15, 0.2) is 0 Å². The number of hydrogen-bond acceptors (Lipinski definition) is 7. The first kappa shape index (κ1) is 19.7. The molecule has 25 heavy (non-hydrogen) atoms. The maximum atomic E-state index is 11.9. The van der Waals surface area contributed by atoms with Gasteiger partial charge >= 0.3 is 0 Å². The van der Waals surface area contributed by atoms with Crippen LogP contribution < -0.4 is 21.7 Å². The zero-order valence-corrected chi connectivity index (χ0v) is 13.7. The quantitative estimate of drug-likeness (QED) is 0.357. The van der Waals surface area contributed by atoms with E-state index in [0.29, 0.717) is 5.01 Å². The largest absolute Gasteiger partial charge is 0.389 e. The number of amides is 4. The van der Waals surface area contributed by atoms with E-state index in [9.17, 15) is 19.2 Å². The van der Waals surface area contributed by atoms with Crippen LogP contribution in [0.15, 0.2) is 42.2 Å². The van der Waals surface area contributed by atoms with E-state index in [0.717, 1.165) is 11.3 Å². The van der Waals surface area contributed by atoms with E-state index in [2.05, 4.69) is 35.4 Å². The fourth-order valence-electron chi connectivity index (χ4n) is 1.29. The molecule has 0 saturated carbocycles. The molecule has 0 radical (unpaired) electrons. The molecule has 132 valence electrons. The Labute approximate surface area is 146 Å². The summed E-state index contributed by atoms with van der Waals surface area (Å²) in [5.41, 5.74) is 3.74. The first-order chi connectivity index (χ1) is 11.6. The number of aliphatic hydroxyl groups excluding tert-OH is 1. The Balaban J connectivity index is 2.58. The van der Waals surface area contributed by atoms with Crippen LogP contribution in [0.25, 0.3) is 0 Å². The van der Waals surface area contributed by atoms with Crippen LogP contribution in [0.5, 0.6) is 0 Å². The molecule has 1 aromatic rings. The molecule has 4 amide bonds. The summed E-state index contributed by atoms with van der Waals surface area (Å²) in [6.07, 6.45) is 0. The highest BCUT2D eigenvalue weighted by Gasteiger charge is 2.18. The summed E-state index contributed by atoms with van der Waals surface area (Å²) in [6.45, 7) is 9.58. The molecule has 11 heteroatoms. The molecule has 0 aliphatic rings. The Kier molecular flexibility index (Phi) is 6.72. The van der Waals surface area contributed by atoms with Gasteiger partial charge in [-0.2, -0.15) is 0 Å². The average molecular weight is 365 g/mol. The number of rotatable bonds is 8. The van der Waals surface area contributed by atoms with Crippen molar-refractivity contribution in [3.05, 3.63) is 52.9 Å². The van der Waals surface area contributed by atoms with Gasteiger partial charge in [0.1, 0.15) is 10.7 Å². The molecule has 1 rings (SSSR count). The van der Waals surface area contributed by atoms with E-state index in [1.807, 2.05) is 5.32 Å². The van der Waals surface area contributed by atoms with Crippen molar-refractivity contribution in [2.24, 2.45) is 5.73 Å². The molecule has 0 bridgehead atoms. The molecular formula is C14H15N5O5S. The molecule has 1 heterocycles. The zero-order valence-electron chi connectivity index (χ0n) is 12.9. The minimum atomic E-state index is -0.949. The fourth-order valence-corrected chi connectivity index (χ4v) is 1.92. The SMILES string of the molecule is C=C(NC(=O)C(=C)NC(=O)C(=C)NC(=O)c1csc(CO)n1)C(N)=O. The van der Waals surface area contributed by atoms with Crippen LogP contribution in [-0.2, 0) is 21.0 Å².